The standard InChI is InChI=1S/C10H10N2O2/c1-7(13)14-9-2-3-10-8(4-9)5-11-6-12-10/h2-5,12H,6H2,1H3. The van der Waals surface area contributed by atoms with Gasteiger partial charge in [-0.2, -0.15) is 0 Å². The molecule has 1 heterocycles. The summed E-state index contributed by atoms with van der Waals surface area (Å²) in [7, 11) is 0. The van der Waals surface area contributed by atoms with Gasteiger partial charge in [0.15, 0.2) is 0 Å². The Hall–Kier alpha value is -1.84. The van der Waals surface area contributed by atoms with Crippen molar-refractivity contribution >= 4 is 17.9 Å². The molecule has 72 valence electrons. The number of esters is 1. The molecule has 14 heavy (non-hydrogen) atoms. The first-order chi connectivity index (χ1) is 6.75. The van der Waals surface area contributed by atoms with Crippen LogP contribution < -0.4 is 10.1 Å². The van der Waals surface area contributed by atoms with E-state index >= 15 is 0 Å². The molecule has 1 aliphatic rings. The van der Waals surface area contributed by atoms with Gasteiger partial charge in [-0.15, -0.1) is 0 Å². The number of aliphatic imine (C=N–C) groups is 1. The maximum absolute atomic E-state index is 10.7. The number of nitrogens with zero attached hydrogens (tertiary/aromatic N) is 1. The van der Waals surface area contributed by atoms with Crippen LogP contribution in [0.1, 0.15) is 12.5 Å². The van der Waals surface area contributed by atoms with Crippen LogP contribution in [0.5, 0.6) is 5.75 Å². The number of ether oxygens (including phenoxy) is 1. The molecule has 0 fully saturated rings. The third kappa shape index (κ3) is 1.74. The first-order valence-electron chi connectivity index (χ1n) is 4.32. The van der Waals surface area contributed by atoms with Crippen molar-refractivity contribution in [2.75, 3.05) is 12.0 Å². The molecule has 0 amide bonds. The molecule has 4 heteroatoms. The molecule has 0 saturated carbocycles. The number of benzene rings is 1. The number of anilines is 1. The van der Waals surface area contributed by atoms with E-state index in [1.165, 1.54) is 6.92 Å². The Kier molecular flexibility index (Phi) is 2.18. The number of rotatable bonds is 1. The fraction of sp³-hybridized carbons (Fsp3) is 0.200. The lowest BCUT2D eigenvalue weighted by molar-refractivity contribution is -0.131. The van der Waals surface area contributed by atoms with E-state index in [2.05, 4.69) is 10.3 Å². The van der Waals surface area contributed by atoms with Crippen molar-refractivity contribution in [1.82, 2.24) is 0 Å². The molecule has 2 rings (SSSR count). The predicted octanol–water partition coefficient (Wildman–Crippen LogP) is 1.41. The van der Waals surface area contributed by atoms with Gasteiger partial charge in [0.2, 0.25) is 0 Å². The summed E-state index contributed by atoms with van der Waals surface area (Å²) in [5.74, 6) is 0.233. The summed E-state index contributed by atoms with van der Waals surface area (Å²) < 4.78 is 4.95. The quantitative estimate of drug-likeness (QED) is 0.538. The Balaban J connectivity index is 2.30. The largest absolute Gasteiger partial charge is 0.427 e. The molecular formula is C10H10N2O2. The molecule has 1 aromatic rings. The normalized spacial score (nSPS) is 12.9. The molecule has 0 atom stereocenters. The number of nitrogens with one attached hydrogen (secondary N) is 1. The minimum absolute atomic E-state index is 0.314. The summed E-state index contributed by atoms with van der Waals surface area (Å²) >= 11 is 0. The van der Waals surface area contributed by atoms with Crippen LogP contribution in [0.3, 0.4) is 0 Å². The van der Waals surface area contributed by atoms with Gasteiger partial charge >= 0.3 is 5.97 Å². The second-order valence-corrected chi connectivity index (χ2v) is 2.99. The second kappa shape index (κ2) is 3.49. The first kappa shape index (κ1) is 8.74. The van der Waals surface area contributed by atoms with Gasteiger partial charge < -0.3 is 10.1 Å². The molecule has 0 aromatic heterocycles. The summed E-state index contributed by atoms with van der Waals surface area (Å²) in [6.07, 6.45) is 1.76. The van der Waals surface area contributed by atoms with Crippen molar-refractivity contribution in [3.05, 3.63) is 23.8 Å². The SMILES string of the molecule is CC(=O)Oc1ccc2c(c1)C=NCN2. The summed E-state index contributed by atoms with van der Waals surface area (Å²) in [6, 6.07) is 5.41. The lowest BCUT2D eigenvalue weighted by atomic mass is 10.1. The number of hydrogen-bond acceptors (Lipinski definition) is 4. The number of carbonyl (C=O) groups is 1. The monoisotopic (exact) mass is 190 g/mol. The van der Waals surface area contributed by atoms with E-state index in [4.69, 9.17) is 4.74 Å². The summed E-state index contributed by atoms with van der Waals surface area (Å²) in [5.41, 5.74) is 1.95. The maximum Gasteiger partial charge on any atom is 0.308 e. The van der Waals surface area contributed by atoms with Crippen LogP contribution in [0.2, 0.25) is 0 Å². The first-order valence-corrected chi connectivity index (χ1v) is 4.32. The van der Waals surface area contributed by atoms with Crippen molar-refractivity contribution < 1.29 is 9.53 Å². The maximum atomic E-state index is 10.7. The van der Waals surface area contributed by atoms with Crippen molar-refractivity contribution in [3.8, 4) is 5.75 Å². The second-order valence-electron chi connectivity index (χ2n) is 2.99. The van der Waals surface area contributed by atoms with Gasteiger partial charge in [0.05, 0.1) is 0 Å². The van der Waals surface area contributed by atoms with Crippen LogP contribution in [-0.4, -0.2) is 18.9 Å². The molecular weight excluding hydrogens is 180 g/mol. The Labute approximate surface area is 81.6 Å². The fourth-order valence-corrected chi connectivity index (χ4v) is 1.31. The number of hydrogen-bond donors (Lipinski definition) is 1. The highest BCUT2D eigenvalue weighted by atomic mass is 16.5. The fourth-order valence-electron chi connectivity index (χ4n) is 1.31. The van der Waals surface area contributed by atoms with Crippen molar-refractivity contribution in [3.63, 3.8) is 0 Å². The van der Waals surface area contributed by atoms with E-state index in [9.17, 15) is 4.79 Å². The lowest BCUT2D eigenvalue weighted by Gasteiger charge is -2.12. The molecule has 0 aliphatic carbocycles. The molecule has 1 aliphatic heterocycles. The lowest BCUT2D eigenvalue weighted by Crippen LogP contribution is -2.08. The van der Waals surface area contributed by atoms with E-state index in [1.807, 2.05) is 6.07 Å². The third-order valence-electron chi connectivity index (χ3n) is 1.88. The number of carbonyl (C=O) groups excluding carboxylic acids is 1. The van der Waals surface area contributed by atoms with Gasteiger partial charge in [-0.05, 0) is 18.2 Å². The average molecular weight is 190 g/mol. The molecule has 0 saturated heterocycles. The topological polar surface area (TPSA) is 50.7 Å². The molecule has 0 bridgehead atoms. The van der Waals surface area contributed by atoms with Crippen LogP contribution >= 0.6 is 0 Å². The molecule has 0 spiro atoms. The zero-order valence-corrected chi connectivity index (χ0v) is 7.78. The van der Waals surface area contributed by atoms with Gasteiger partial charge in [-0.25, -0.2) is 0 Å². The van der Waals surface area contributed by atoms with Crippen LogP contribution in [0.15, 0.2) is 23.2 Å². The summed E-state index contributed by atoms with van der Waals surface area (Å²) in [6.45, 7) is 1.98. The Morgan fingerprint density at radius 1 is 1.57 bits per heavy atom. The van der Waals surface area contributed by atoms with Crippen molar-refractivity contribution in [1.29, 1.82) is 0 Å². The highest BCUT2D eigenvalue weighted by Crippen LogP contribution is 2.22. The van der Waals surface area contributed by atoms with E-state index < -0.39 is 0 Å². The average Bonchev–Trinajstić information content (AvgIpc) is 2.17. The number of fused-ring (bicyclic) bond motifs is 1. The van der Waals surface area contributed by atoms with E-state index in [0.29, 0.717) is 12.4 Å². The van der Waals surface area contributed by atoms with E-state index in [-0.39, 0.29) is 5.97 Å². The third-order valence-corrected chi connectivity index (χ3v) is 1.88. The summed E-state index contributed by atoms with van der Waals surface area (Å²) in [5, 5.41) is 3.10. The molecule has 1 aromatic carbocycles. The van der Waals surface area contributed by atoms with Crippen molar-refractivity contribution in [2.24, 2.45) is 4.99 Å². The zero-order chi connectivity index (χ0) is 9.97. The minimum Gasteiger partial charge on any atom is -0.427 e. The highest BCUT2D eigenvalue weighted by molar-refractivity contribution is 5.90. The minimum atomic E-state index is -0.314. The van der Waals surface area contributed by atoms with Crippen LogP contribution in [0, 0.1) is 0 Å². The highest BCUT2D eigenvalue weighted by Gasteiger charge is 2.06. The van der Waals surface area contributed by atoms with Crippen LogP contribution in [0.25, 0.3) is 0 Å². The van der Waals surface area contributed by atoms with Gasteiger partial charge in [0.1, 0.15) is 12.4 Å². The van der Waals surface area contributed by atoms with E-state index in [0.717, 1.165) is 11.3 Å². The predicted molar refractivity (Wildman–Crippen MR) is 53.8 cm³/mol. The smallest absolute Gasteiger partial charge is 0.308 e. The van der Waals surface area contributed by atoms with Crippen molar-refractivity contribution in [2.45, 2.75) is 6.92 Å². The molecule has 1 N–H and O–H groups in total. The summed E-state index contributed by atoms with van der Waals surface area (Å²) in [4.78, 5) is 14.8. The molecule has 0 radical (unpaired) electrons. The molecule has 4 nitrogen and oxygen atoms in total. The molecule has 0 unspecified atom stereocenters. The van der Waals surface area contributed by atoms with Gasteiger partial charge in [-0.3, -0.25) is 9.79 Å². The zero-order valence-electron chi connectivity index (χ0n) is 7.78. The Morgan fingerprint density at radius 2 is 2.43 bits per heavy atom. The van der Waals surface area contributed by atoms with Crippen LogP contribution in [-0.2, 0) is 4.79 Å². The Bertz CT molecular complexity index is 399. The van der Waals surface area contributed by atoms with Crippen LogP contribution in [0.4, 0.5) is 5.69 Å². The van der Waals surface area contributed by atoms with Gasteiger partial charge in [-0.1, -0.05) is 0 Å². The van der Waals surface area contributed by atoms with Gasteiger partial charge in [0.25, 0.3) is 0 Å². The van der Waals surface area contributed by atoms with Gasteiger partial charge in [0, 0.05) is 24.4 Å². The Morgan fingerprint density at radius 3 is 3.21 bits per heavy atom. The van der Waals surface area contributed by atoms with E-state index in [1.54, 1.807) is 18.3 Å².